The lowest BCUT2D eigenvalue weighted by molar-refractivity contribution is -0.139. The van der Waals surface area contributed by atoms with Crippen LogP contribution in [0.5, 0.6) is 5.75 Å². The molecule has 0 bridgehead atoms. The number of unbranched alkanes of at least 4 members (excludes halogenated alkanes) is 1. The second-order valence-electron chi connectivity index (χ2n) is 11.8. The molecule has 0 saturated carbocycles. The van der Waals surface area contributed by atoms with Gasteiger partial charge in [0.15, 0.2) is 5.60 Å². The van der Waals surface area contributed by atoms with Crippen molar-refractivity contribution in [3.05, 3.63) is 94.5 Å². The number of nitrogens with zero attached hydrogens (tertiary/aromatic N) is 2. The fraction of sp³-hybridized carbons (Fsp3) is 0.389. The summed E-state index contributed by atoms with van der Waals surface area (Å²) >= 11 is 6.33. The van der Waals surface area contributed by atoms with Gasteiger partial charge < -0.3 is 30.3 Å². The summed E-state index contributed by atoms with van der Waals surface area (Å²) in [7, 11) is 0. The summed E-state index contributed by atoms with van der Waals surface area (Å²) in [6, 6.07) is 17.9. The van der Waals surface area contributed by atoms with Crippen LogP contribution in [-0.2, 0) is 28.2 Å². The number of nitrogens with one attached hydrogen (secondary N) is 1. The van der Waals surface area contributed by atoms with Crippen molar-refractivity contribution in [3.63, 3.8) is 0 Å². The number of benzene rings is 3. The van der Waals surface area contributed by atoms with Gasteiger partial charge >= 0.3 is 0 Å². The Kier molecular flexibility index (Phi) is 10.8. The highest BCUT2D eigenvalue weighted by Gasteiger charge is 2.52. The highest BCUT2D eigenvalue weighted by Crippen LogP contribution is 2.47. The molecule has 1 unspecified atom stereocenters. The Hall–Kier alpha value is -3.73. The van der Waals surface area contributed by atoms with Crippen molar-refractivity contribution in [1.29, 1.82) is 0 Å². The number of carbonyl (C=O) groups is 2. The molecule has 5 rings (SSSR count). The molecule has 0 saturated heterocycles. The van der Waals surface area contributed by atoms with E-state index < -0.39 is 23.5 Å². The first kappa shape index (κ1) is 33.6. The maximum atomic E-state index is 14.0. The van der Waals surface area contributed by atoms with E-state index in [0.29, 0.717) is 54.4 Å². The summed E-state index contributed by atoms with van der Waals surface area (Å²) in [6.07, 6.45) is 5.83. The number of aliphatic hydroxyl groups is 3. The Balaban J connectivity index is 1.47. The summed E-state index contributed by atoms with van der Waals surface area (Å²) in [5, 5.41) is 34.1. The van der Waals surface area contributed by atoms with Gasteiger partial charge in [0.05, 0.1) is 30.6 Å². The van der Waals surface area contributed by atoms with E-state index in [0.717, 1.165) is 29.0 Å². The Labute approximate surface area is 275 Å². The third-order valence-corrected chi connectivity index (χ3v) is 8.88. The van der Waals surface area contributed by atoms with Crippen LogP contribution in [0, 0.1) is 5.92 Å². The normalized spacial score (nSPS) is 19.9. The van der Waals surface area contributed by atoms with Crippen LogP contribution in [0.2, 0.25) is 5.02 Å². The predicted molar refractivity (Wildman–Crippen MR) is 180 cm³/mol. The largest absolute Gasteiger partial charge is 0.494 e. The number of aliphatic hydroxyl groups excluding tert-OH is 2. The molecule has 2 amide bonds. The third-order valence-electron chi connectivity index (χ3n) is 8.64. The Morgan fingerprint density at radius 2 is 1.87 bits per heavy atom. The Morgan fingerprint density at radius 1 is 1.07 bits per heavy atom. The smallest absolute Gasteiger partial charge is 0.264 e. The lowest BCUT2D eigenvalue weighted by Crippen LogP contribution is -2.49. The number of anilines is 3. The number of carbonyl (C=O) groups excluding carboxylic acids is 2. The second kappa shape index (κ2) is 14.8. The van der Waals surface area contributed by atoms with Gasteiger partial charge in [-0.25, -0.2) is 0 Å². The zero-order valence-corrected chi connectivity index (χ0v) is 27.0. The van der Waals surface area contributed by atoms with Gasteiger partial charge in [-0.2, -0.15) is 0 Å². The van der Waals surface area contributed by atoms with Crippen LogP contribution in [-0.4, -0.2) is 59.5 Å². The molecule has 2 aliphatic heterocycles. The van der Waals surface area contributed by atoms with Crippen LogP contribution >= 0.6 is 11.6 Å². The van der Waals surface area contributed by atoms with Crippen LogP contribution in [0.4, 0.5) is 17.1 Å². The fourth-order valence-corrected chi connectivity index (χ4v) is 6.46. The van der Waals surface area contributed by atoms with E-state index in [2.05, 4.69) is 5.32 Å². The number of amides is 2. The molecular weight excluding hydrogens is 606 g/mol. The summed E-state index contributed by atoms with van der Waals surface area (Å²) in [4.78, 5) is 31.3. The molecule has 10 heteroatoms. The minimum absolute atomic E-state index is 0.0291. The lowest BCUT2D eigenvalue weighted by atomic mass is 9.83. The molecule has 3 atom stereocenters. The van der Waals surface area contributed by atoms with E-state index >= 15 is 0 Å². The summed E-state index contributed by atoms with van der Waals surface area (Å²) in [5.74, 6) is -0.396. The summed E-state index contributed by atoms with van der Waals surface area (Å²) in [5.41, 5.74) is 2.35. The van der Waals surface area contributed by atoms with Gasteiger partial charge in [0.1, 0.15) is 5.75 Å². The minimum atomic E-state index is -1.83. The maximum Gasteiger partial charge on any atom is 0.264 e. The number of rotatable bonds is 14. The van der Waals surface area contributed by atoms with E-state index in [1.165, 1.54) is 0 Å². The van der Waals surface area contributed by atoms with Crippen molar-refractivity contribution in [2.75, 3.05) is 36.2 Å². The van der Waals surface area contributed by atoms with Crippen LogP contribution in [0.25, 0.3) is 0 Å². The van der Waals surface area contributed by atoms with Crippen molar-refractivity contribution in [2.45, 2.75) is 57.7 Å². The van der Waals surface area contributed by atoms with Gasteiger partial charge in [-0.15, -0.1) is 0 Å². The van der Waals surface area contributed by atoms with Crippen LogP contribution in [0.3, 0.4) is 0 Å². The number of fused-ring (bicyclic) bond motifs is 2. The van der Waals surface area contributed by atoms with E-state index in [4.69, 9.17) is 16.3 Å². The van der Waals surface area contributed by atoms with Crippen molar-refractivity contribution in [2.24, 2.45) is 5.92 Å². The molecule has 244 valence electrons. The van der Waals surface area contributed by atoms with Gasteiger partial charge in [-0.05, 0) is 98.8 Å². The molecule has 3 aromatic rings. The molecule has 9 nitrogen and oxygen atoms in total. The monoisotopic (exact) mass is 647 g/mol. The molecule has 46 heavy (non-hydrogen) atoms. The predicted octanol–water partition coefficient (Wildman–Crippen LogP) is 5.00. The molecule has 0 aliphatic carbocycles. The zero-order valence-electron chi connectivity index (χ0n) is 26.3. The minimum Gasteiger partial charge on any atom is -0.494 e. The molecular formula is C36H42ClN3O6. The average Bonchev–Trinajstić information content (AvgIpc) is 3.25. The van der Waals surface area contributed by atoms with Gasteiger partial charge in [-0.3, -0.25) is 14.5 Å². The first-order chi connectivity index (χ1) is 22.2. The Morgan fingerprint density at radius 3 is 2.63 bits per heavy atom. The summed E-state index contributed by atoms with van der Waals surface area (Å²) in [6.45, 7) is 5.07. The topological polar surface area (TPSA) is 123 Å². The highest BCUT2D eigenvalue weighted by atomic mass is 35.5. The van der Waals surface area contributed by atoms with Crippen LogP contribution in [0.15, 0.2) is 72.8 Å². The maximum absolute atomic E-state index is 14.0. The van der Waals surface area contributed by atoms with Gasteiger partial charge in [0.2, 0.25) is 5.91 Å². The Bertz CT molecular complexity index is 1600. The fourth-order valence-electron chi connectivity index (χ4n) is 6.29. The highest BCUT2D eigenvalue weighted by molar-refractivity contribution is 6.31. The number of halogens is 1. The van der Waals surface area contributed by atoms with Gasteiger partial charge in [0.25, 0.3) is 5.91 Å². The van der Waals surface area contributed by atoms with E-state index in [1.54, 1.807) is 47.1 Å². The third kappa shape index (κ3) is 6.70. The molecule has 0 spiro atoms. The molecule has 0 radical (unpaired) electrons. The first-order valence-corrected chi connectivity index (χ1v) is 16.3. The van der Waals surface area contributed by atoms with Crippen molar-refractivity contribution in [3.8, 4) is 5.75 Å². The molecule has 0 fully saturated rings. The van der Waals surface area contributed by atoms with E-state index in [1.807, 2.05) is 49.4 Å². The molecule has 4 N–H and O–H groups in total. The quantitative estimate of drug-likeness (QED) is 0.144. The first-order valence-electron chi connectivity index (χ1n) is 15.9. The number of hydrogen-bond acceptors (Lipinski definition) is 7. The van der Waals surface area contributed by atoms with Gasteiger partial charge in [0, 0.05) is 35.4 Å². The molecule has 3 aromatic carbocycles. The zero-order chi connectivity index (χ0) is 32.8. The van der Waals surface area contributed by atoms with E-state index in [-0.39, 0.29) is 25.7 Å². The van der Waals surface area contributed by atoms with Crippen molar-refractivity contribution < 1.29 is 29.6 Å². The van der Waals surface area contributed by atoms with Crippen LogP contribution in [0.1, 0.15) is 49.8 Å². The van der Waals surface area contributed by atoms with Crippen molar-refractivity contribution >= 4 is 40.5 Å². The van der Waals surface area contributed by atoms with Gasteiger partial charge in [-0.1, -0.05) is 42.8 Å². The lowest BCUT2D eigenvalue weighted by Gasteiger charge is -2.35. The summed E-state index contributed by atoms with van der Waals surface area (Å²) < 4.78 is 5.76. The SMILES string of the molecule is CCOc1ccc2c(c1)CC(NCCCCO)C(=O)N2c1cccc(CN2C(=O)[C@](O)([C@H](C)/C=C/CCO)c3cc(Cl)ccc32)c1. The molecule has 2 heterocycles. The van der Waals surface area contributed by atoms with E-state index in [9.17, 15) is 24.9 Å². The average molecular weight is 648 g/mol. The standard InChI is InChI=1S/C36H42ClN3O6/c1-3-46-29-13-15-32-26(20-29)21-31(38-16-5-7-18-42)34(43)40(32)28-11-8-10-25(19-28)23-39-33-14-12-27(37)22-30(33)36(45,35(39)44)24(2)9-4-6-17-41/h4,8-15,19-20,22,24,31,38,41-42,45H,3,5-7,16-18,21,23H2,1-2H3/b9-4+/t24-,31?,36+/m1/s1. The van der Waals surface area contributed by atoms with Crippen molar-refractivity contribution in [1.82, 2.24) is 5.32 Å². The molecule has 2 aliphatic rings. The molecule has 0 aromatic heterocycles. The number of hydrogen-bond donors (Lipinski definition) is 4. The number of ether oxygens (including phenoxy) is 1. The second-order valence-corrected chi connectivity index (χ2v) is 12.2. The van der Waals surface area contributed by atoms with Crippen LogP contribution < -0.4 is 19.9 Å².